The van der Waals surface area contributed by atoms with Gasteiger partial charge in [-0.1, -0.05) is 38.0 Å². The Morgan fingerprint density at radius 1 is 1.12 bits per heavy atom. The van der Waals surface area contributed by atoms with Crippen molar-refractivity contribution in [1.82, 2.24) is 9.78 Å². The number of ether oxygens (including phenoxy) is 1. The van der Waals surface area contributed by atoms with Gasteiger partial charge in [-0.15, -0.1) is 0 Å². The van der Waals surface area contributed by atoms with Crippen LogP contribution in [0, 0.1) is 11.6 Å². The van der Waals surface area contributed by atoms with Gasteiger partial charge in [0.2, 0.25) is 0 Å². The summed E-state index contributed by atoms with van der Waals surface area (Å²) in [6.07, 6.45) is 1.28. The number of fused-ring (bicyclic) bond motifs is 1. The SMILES string of the molecule is CCCCCn1nc(C(=O)OC(C)C(=O)Nc2ccc(F)cc2F)c2ccccc2c1=O. The fourth-order valence-electron chi connectivity index (χ4n) is 3.14. The molecule has 9 heteroatoms. The van der Waals surface area contributed by atoms with Crippen LogP contribution in [0.4, 0.5) is 14.5 Å². The second kappa shape index (κ2) is 10.1. The molecule has 2 aromatic carbocycles. The second-order valence-electron chi connectivity index (χ2n) is 7.29. The molecule has 32 heavy (non-hydrogen) atoms. The number of anilines is 1. The maximum Gasteiger partial charge on any atom is 0.360 e. The number of esters is 1. The van der Waals surface area contributed by atoms with Crippen molar-refractivity contribution < 1.29 is 23.1 Å². The third-order valence-corrected chi connectivity index (χ3v) is 4.88. The number of halogens is 2. The van der Waals surface area contributed by atoms with E-state index < -0.39 is 29.6 Å². The van der Waals surface area contributed by atoms with Crippen LogP contribution in [-0.2, 0) is 16.1 Å². The van der Waals surface area contributed by atoms with Crippen molar-refractivity contribution in [2.75, 3.05) is 5.32 Å². The first kappa shape index (κ1) is 23.1. The van der Waals surface area contributed by atoms with Gasteiger partial charge < -0.3 is 10.1 Å². The number of rotatable bonds is 8. The monoisotopic (exact) mass is 443 g/mol. The number of amides is 1. The lowest BCUT2D eigenvalue weighted by molar-refractivity contribution is -0.123. The summed E-state index contributed by atoms with van der Waals surface area (Å²) < 4.78 is 33.3. The number of aryl methyl sites for hydroxylation is 1. The number of carbonyl (C=O) groups excluding carboxylic acids is 2. The average Bonchev–Trinajstić information content (AvgIpc) is 2.77. The Balaban J connectivity index is 1.83. The lowest BCUT2D eigenvalue weighted by atomic mass is 10.1. The van der Waals surface area contributed by atoms with E-state index in [1.807, 2.05) is 6.92 Å². The molecule has 1 N–H and O–H groups in total. The number of hydrogen-bond donors (Lipinski definition) is 1. The van der Waals surface area contributed by atoms with E-state index in [1.165, 1.54) is 11.6 Å². The minimum Gasteiger partial charge on any atom is -0.448 e. The zero-order chi connectivity index (χ0) is 23.3. The van der Waals surface area contributed by atoms with Gasteiger partial charge in [-0.2, -0.15) is 5.10 Å². The molecule has 0 aliphatic carbocycles. The van der Waals surface area contributed by atoms with Crippen molar-refractivity contribution in [2.45, 2.75) is 45.8 Å². The normalized spacial score (nSPS) is 11.9. The molecular weight excluding hydrogens is 420 g/mol. The van der Waals surface area contributed by atoms with Crippen LogP contribution < -0.4 is 10.9 Å². The summed E-state index contributed by atoms with van der Waals surface area (Å²) in [6.45, 7) is 3.69. The Bertz CT molecular complexity index is 1210. The molecule has 0 bridgehead atoms. The van der Waals surface area contributed by atoms with Gasteiger partial charge in [0.15, 0.2) is 11.8 Å². The molecule has 7 nitrogen and oxygen atoms in total. The minimum atomic E-state index is -1.30. The first-order chi connectivity index (χ1) is 15.3. The summed E-state index contributed by atoms with van der Waals surface area (Å²) in [4.78, 5) is 37.9. The molecule has 0 aliphatic rings. The van der Waals surface area contributed by atoms with E-state index in [4.69, 9.17) is 4.74 Å². The van der Waals surface area contributed by atoms with Crippen LogP contribution in [0.25, 0.3) is 10.8 Å². The van der Waals surface area contributed by atoms with E-state index in [0.717, 1.165) is 31.4 Å². The predicted octanol–water partition coefficient (Wildman–Crippen LogP) is 4.05. The Morgan fingerprint density at radius 3 is 2.53 bits per heavy atom. The molecule has 3 rings (SSSR count). The first-order valence-corrected chi connectivity index (χ1v) is 10.3. The predicted molar refractivity (Wildman–Crippen MR) is 115 cm³/mol. The van der Waals surface area contributed by atoms with Gasteiger partial charge in [0.1, 0.15) is 11.6 Å². The van der Waals surface area contributed by atoms with Gasteiger partial charge in [0, 0.05) is 18.0 Å². The molecule has 3 aromatic rings. The number of unbranched alkanes of at least 4 members (excludes halogenated alkanes) is 2. The largest absolute Gasteiger partial charge is 0.448 e. The average molecular weight is 443 g/mol. The highest BCUT2D eigenvalue weighted by molar-refractivity contribution is 6.03. The standard InChI is InChI=1S/C23H23F2N3O4/c1-3-4-7-12-28-22(30)17-9-6-5-8-16(17)20(27-28)23(31)32-14(2)21(29)26-19-11-10-15(24)13-18(19)25/h5-6,8-11,13-14H,3-4,7,12H2,1-2H3,(H,26,29). The molecule has 1 atom stereocenters. The van der Waals surface area contributed by atoms with Gasteiger partial charge in [0.25, 0.3) is 11.5 Å². The topological polar surface area (TPSA) is 90.3 Å². The summed E-state index contributed by atoms with van der Waals surface area (Å²) in [6, 6.07) is 9.21. The Morgan fingerprint density at radius 2 is 1.84 bits per heavy atom. The van der Waals surface area contributed by atoms with Crippen molar-refractivity contribution in [2.24, 2.45) is 0 Å². The molecule has 1 amide bonds. The summed E-state index contributed by atoms with van der Waals surface area (Å²) in [5.74, 6) is -3.44. The Kier molecular flexibility index (Phi) is 7.29. The first-order valence-electron chi connectivity index (χ1n) is 10.3. The molecule has 0 spiro atoms. The van der Waals surface area contributed by atoms with Crippen molar-refractivity contribution >= 4 is 28.3 Å². The van der Waals surface area contributed by atoms with E-state index in [0.29, 0.717) is 23.4 Å². The van der Waals surface area contributed by atoms with Crippen LogP contribution in [0.2, 0.25) is 0 Å². The van der Waals surface area contributed by atoms with Crippen molar-refractivity contribution in [3.8, 4) is 0 Å². The smallest absolute Gasteiger partial charge is 0.360 e. The Hall–Kier alpha value is -3.62. The third-order valence-electron chi connectivity index (χ3n) is 4.88. The lowest BCUT2D eigenvalue weighted by Gasteiger charge is -2.15. The molecule has 0 saturated carbocycles. The highest BCUT2D eigenvalue weighted by Gasteiger charge is 2.24. The maximum absolute atomic E-state index is 13.8. The molecule has 1 unspecified atom stereocenters. The molecule has 0 fully saturated rings. The number of hydrogen-bond acceptors (Lipinski definition) is 5. The maximum atomic E-state index is 13.8. The van der Waals surface area contributed by atoms with Gasteiger partial charge >= 0.3 is 5.97 Å². The highest BCUT2D eigenvalue weighted by Crippen LogP contribution is 2.18. The fourth-order valence-corrected chi connectivity index (χ4v) is 3.14. The van der Waals surface area contributed by atoms with Gasteiger partial charge in [-0.25, -0.2) is 18.3 Å². The number of aromatic nitrogens is 2. The summed E-state index contributed by atoms with van der Waals surface area (Å²) in [5.41, 5.74) is -0.650. The van der Waals surface area contributed by atoms with Crippen LogP contribution in [0.1, 0.15) is 43.6 Å². The number of carbonyl (C=O) groups is 2. The summed E-state index contributed by atoms with van der Waals surface area (Å²) >= 11 is 0. The second-order valence-corrected chi connectivity index (χ2v) is 7.29. The minimum absolute atomic E-state index is 0.0932. The van der Waals surface area contributed by atoms with E-state index in [9.17, 15) is 23.2 Å². The molecule has 0 aliphatic heterocycles. The van der Waals surface area contributed by atoms with Crippen LogP contribution in [0.15, 0.2) is 47.3 Å². The van der Waals surface area contributed by atoms with Gasteiger partial charge in [-0.05, 0) is 31.5 Å². The number of benzene rings is 2. The van der Waals surface area contributed by atoms with Crippen LogP contribution >= 0.6 is 0 Å². The van der Waals surface area contributed by atoms with E-state index in [2.05, 4.69) is 10.4 Å². The van der Waals surface area contributed by atoms with Gasteiger partial charge in [-0.3, -0.25) is 9.59 Å². The zero-order valence-corrected chi connectivity index (χ0v) is 17.7. The Labute approximate surface area is 183 Å². The van der Waals surface area contributed by atoms with E-state index >= 15 is 0 Å². The van der Waals surface area contributed by atoms with Crippen LogP contribution in [0.3, 0.4) is 0 Å². The summed E-state index contributed by atoms with van der Waals surface area (Å²) in [7, 11) is 0. The van der Waals surface area contributed by atoms with Crippen molar-refractivity contribution in [3.63, 3.8) is 0 Å². The molecule has 0 radical (unpaired) electrons. The third kappa shape index (κ3) is 5.16. The lowest BCUT2D eigenvalue weighted by Crippen LogP contribution is -2.32. The van der Waals surface area contributed by atoms with E-state index in [1.54, 1.807) is 24.3 Å². The zero-order valence-electron chi connectivity index (χ0n) is 17.7. The number of nitrogens with one attached hydrogen (secondary N) is 1. The molecule has 0 saturated heterocycles. The molecule has 1 heterocycles. The molecule has 1 aromatic heterocycles. The van der Waals surface area contributed by atoms with Gasteiger partial charge in [0.05, 0.1) is 11.1 Å². The molecular formula is C23H23F2N3O4. The quantitative estimate of drug-likeness (QED) is 0.419. The molecule has 168 valence electrons. The highest BCUT2D eigenvalue weighted by atomic mass is 19.1. The van der Waals surface area contributed by atoms with Crippen molar-refractivity contribution in [3.05, 3.63) is 70.1 Å². The van der Waals surface area contributed by atoms with E-state index in [-0.39, 0.29) is 16.9 Å². The van der Waals surface area contributed by atoms with Crippen molar-refractivity contribution in [1.29, 1.82) is 0 Å². The fraction of sp³-hybridized carbons (Fsp3) is 0.304. The number of nitrogens with zero attached hydrogens (tertiary/aromatic N) is 2. The summed E-state index contributed by atoms with van der Waals surface area (Å²) in [5, 5.41) is 7.07. The van der Waals surface area contributed by atoms with Crippen LogP contribution in [-0.4, -0.2) is 27.8 Å². The van der Waals surface area contributed by atoms with Crippen LogP contribution in [0.5, 0.6) is 0 Å².